The van der Waals surface area contributed by atoms with Crippen molar-refractivity contribution in [2.24, 2.45) is 5.92 Å². The molecule has 1 aromatic carbocycles. The molecule has 0 amide bonds. The maximum Gasteiger partial charge on any atom is 0.0453 e. The average Bonchev–Trinajstić information content (AvgIpc) is 2.53. The topological polar surface area (TPSA) is 12.0 Å². The summed E-state index contributed by atoms with van der Waals surface area (Å²) in [4.78, 5) is 0. The second kappa shape index (κ2) is 3.69. The molecule has 1 heterocycles. The van der Waals surface area contributed by atoms with Crippen molar-refractivity contribution in [3.63, 3.8) is 0 Å². The second-order valence-electron chi connectivity index (χ2n) is 3.82. The monoisotopic (exact) mass is 195 g/mol. The highest BCUT2D eigenvalue weighted by Crippen LogP contribution is 2.30. The quantitative estimate of drug-likeness (QED) is 0.727. The van der Waals surface area contributed by atoms with Gasteiger partial charge in [-0.05, 0) is 30.5 Å². The largest absolute Gasteiger partial charge is 0.310 e. The Hall–Kier alpha value is -0.530. The normalized spacial score (nSPS) is 27.8. The SMILES string of the molecule is C[C@@H]1CN[C@H](c2ccccc2Cl)C1. The van der Waals surface area contributed by atoms with E-state index in [1.54, 1.807) is 0 Å². The molecule has 2 heteroatoms. The Morgan fingerprint density at radius 3 is 2.77 bits per heavy atom. The highest BCUT2D eigenvalue weighted by molar-refractivity contribution is 6.31. The first-order chi connectivity index (χ1) is 6.27. The van der Waals surface area contributed by atoms with Crippen LogP contribution in [0.3, 0.4) is 0 Å². The Balaban J connectivity index is 2.21. The van der Waals surface area contributed by atoms with Crippen LogP contribution in [0.2, 0.25) is 5.02 Å². The lowest BCUT2D eigenvalue weighted by Crippen LogP contribution is -2.13. The van der Waals surface area contributed by atoms with Gasteiger partial charge in [0.05, 0.1) is 0 Å². The molecule has 0 unspecified atom stereocenters. The van der Waals surface area contributed by atoms with Gasteiger partial charge in [0.1, 0.15) is 0 Å². The molecule has 1 aliphatic rings. The summed E-state index contributed by atoms with van der Waals surface area (Å²) >= 11 is 6.11. The van der Waals surface area contributed by atoms with Crippen LogP contribution in [0.4, 0.5) is 0 Å². The van der Waals surface area contributed by atoms with Crippen LogP contribution in [0.25, 0.3) is 0 Å². The number of halogens is 1. The van der Waals surface area contributed by atoms with Crippen molar-refractivity contribution >= 4 is 11.6 Å². The number of benzene rings is 1. The summed E-state index contributed by atoms with van der Waals surface area (Å²) in [6.45, 7) is 3.37. The minimum absolute atomic E-state index is 0.462. The minimum Gasteiger partial charge on any atom is -0.310 e. The molecule has 1 fully saturated rings. The van der Waals surface area contributed by atoms with Crippen molar-refractivity contribution in [2.75, 3.05) is 6.54 Å². The van der Waals surface area contributed by atoms with E-state index in [1.807, 2.05) is 18.2 Å². The molecule has 0 aliphatic carbocycles. The van der Waals surface area contributed by atoms with Gasteiger partial charge in [0, 0.05) is 11.1 Å². The van der Waals surface area contributed by atoms with Gasteiger partial charge in [-0.3, -0.25) is 0 Å². The fourth-order valence-corrected chi connectivity index (χ4v) is 2.17. The van der Waals surface area contributed by atoms with Gasteiger partial charge in [-0.2, -0.15) is 0 Å². The molecular weight excluding hydrogens is 182 g/mol. The Labute approximate surface area is 84.1 Å². The second-order valence-corrected chi connectivity index (χ2v) is 4.23. The summed E-state index contributed by atoms with van der Waals surface area (Å²) in [5.74, 6) is 0.765. The van der Waals surface area contributed by atoms with E-state index in [2.05, 4.69) is 18.3 Å². The Kier molecular flexibility index (Phi) is 2.56. The molecule has 13 heavy (non-hydrogen) atoms. The third-order valence-corrected chi connectivity index (χ3v) is 2.98. The zero-order valence-corrected chi connectivity index (χ0v) is 8.51. The zero-order valence-electron chi connectivity index (χ0n) is 7.76. The van der Waals surface area contributed by atoms with Crippen LogP contribution in [0, 0.1) is 5.92 Å². The molecular formula is C11H14ClN. The Morgan fingerprint density at radius 1 is 1.38 bits per heavy atom. The predicted octanol–water partition coefficient (Wildman–Crippen LogP) is 3.01. The third kappa shape index (κ3) is 1.87. The van der Waals surface area contributed by atoms with Crippen LogP contribution in [0.1, 0.15) is 24.9 Å². The van der Waals surface area contributed by atoms with E-state index < -0.39 is 0 Å². The predicted molar refractivity (Wildman–Crippen MR) is 56.0 cm³/mol. The molecule has 0 radical (unpaired) electrons. The van der Waals surface area contributed by atoms with Crippen LogP contribution < -0.4 is 5.32 Å². The van der Waals surface area contributed by atoms with E-state index in [0.29, 0.717) is 6.04 Å². The lowest BCUT2D eigenvalue weighted by Gasteiger charge is -2.11. The van der Waals surface area contributed by atoms with Gasteiger partial charge < -0.3 is 5.32 Å². The standard InChI is InChI=1S/C11H14ClN/c1-8-6-11(13-7-8)9-4-2-3-5-10(9)12/h2-5,8,11,13H,6-7H2,1H3/t8-,11-/m0/s1. The van der Waals surface area contributed by atoms with E-state index in [1.165, 1.54) is 12.0 Å². The van der Waals surface area contributed by atoms with Gasteiger partial charge in [0.25, 0.3) is 0 Å². The number of nitrogens with one attached hydrogen (secondary N) is 1. The zero-order chi connectivity index (χ0) is 9.26. The van der Waals surface area contributed by atoms with E-state index in [0.717, 1.165) is 17.5 Å². The number of rotatable bonds is 1. The molecule has 0 bridgehead atoms. The first-order valence-electron chi connectivity index (χ1n) is 4.75. The van der Waals surface area contributed by atoms with Gasteiger partial charge in [-0.25, -0.2) is 0 Å². The summed E-state index contributed by atoms with van der Waals surface area (Å²) in [6.07, 6.45) is 1.20. The lowest BCUT2D eigenvalue weighted by molar-refractivity contribution is 0.612. The molecule has 1 aromatic rings. The fourth-order valence-electron chi connectivity index (χ4n) is 1.91. The minimum atomic E-state index is 0.462. The smallest absolute Gasteiger partial charge is 0.0453 e. The van der Waals surface area contributed by atoms with Gasteiger partial charge in [-0.1, -0.05) is 36.7 Å². The molecule has 70 valence electrons. The fraction of sp³-hybridized carbons (Fsp3) is 0.455. The molecule has 1 N–H and O–H groups in total. The first kappa shape index (κ1) is 9.04. The highest BCUT2D eigenvalue weighted by Gasteiger charge is 2.23. The maximum atomic E-state index is 6.11. The van der Waals surface area contributed by atoms with Crippen LogP contribution in [-0.4, -0.2) is 6.54 Å². The first-order valence-corrected chi connectivity index (χ1v) is 5.13. The van der Waals surface area contributed by atoms with Crippen molar-refractivity contribution in [2.45, 2.75) is 19.4 Å². The maximum absolute atomic E-state index is 6.11. The average molecular weight is 196 g/mol. The molecule has 1 aliphatic heterocycles. The molecule has 0 spiro atoms. The molecule has 1 saturated heterocycles. The number of hydrogen-bond donors (Lipinski definition) is 1. The molecule has 0 saturated carbocycles. The summed E-state index contributed by atoms with van der Waals surface area (Å²) < 4.78 is 0. The van der Waals surface area contributed by atoms with Gasteiger partial charge >= 0.3 is 0 Å². The summed E-state index contributed by atoms with van der Waals surface area (Å²) in [5.41, 5.74) is 1.24. The van der Waals surface area contributed by atoms with Crippen molar-refractivity contribution in [1.82, 2.24) is 5.32 Å². The summed E-state index contributed by atoms with van der Waals surface area (Å²) in [5, 5.41) is 4.36. The Morgan fingerprint density at radius 2 is 2.15 bits per heavy atom. The van der Waals surface area contributed by atoms with Gasteiger partial charge in [0.2, 0.25) is 0 Å². The van der Waals surface area contributed by atoms with Crippen LogP contribution in [0.5, 0.6) is 0 Å². The van der Waals surface area contributed by atoms with E-state index in [9.17, 15) is 0 Å². The lowest BCUT2D eigenvalue weighted by atomic mass is 10.0. The molecule has 0 aromatic heterocycles. The molecule has 2 rings (SSSR count). The van der Waals surface area contributed by atoms with Crippen LogP contribution in [-0.2, 0) is 0 Å². The van der Waals surface area contributed by atoms with E-state index >= 15 is 0 Å². The third-order valence-electron chi connectivity index (χ3n) is 2.63. The summed E-state index contributed by atoms with van der Waals surface area (Å²) in [6, 6.07) is 8.55. The van der Waals surface area contributed by atoms with E-state index in [4.69, 9.17) is 11.6 Å². The van der Waals surface area contributed by atoms with Gasteiger partial charge in [-0.15, -0.1) is 0 Å². The van der Waals surface area contributed by atoms with Gasteiger partial charge in [0.15, 0.2) is 0 Å². The van der Waals surface area contributed by atoms with Crippen molar-refractivity contribution < 1.29 is 0 Å². The highest BCUT2D eigenvalue weighted by atomic mass is 35.5. The van der Waals surface area contributed by atoms with Crippen molar-refractivity contribution in [3.05, 3.63) is 34.9 Å². The van der Waals surface area contributed by atoms with E-state index in [-0.39, 0.29) is 0 Å². The molecule has 2 atom stereocenters. The van der Waals surface area contributed by atoms with Crippen LogP contribution >= 0.6 is 11.6 Å². The summed E-state index contributed by atoms with van der Waals surface area (Å²) in [7, 11) is 0. The number of hydrogen-bond acceptors (Lipinski definition) is 1. The van der Waals surface area contributed by atoms with Crippen LogP contribution in [0.15, 0.2) is 24.3 Å². The Bertz CT molecular complexity index is 298. The van der Waals surface area contributed by atoms with Crippen molar-refractivity contribution in [1.29, 1.82) is 0 Å². The molecule has 1 nitrogen and oxygen atoms in total. The van der Waals surface area contributed by atoms with Crippen molar-refractivity contribution in [3.8, 4) is 0 Å².